The molecule has 2 heterocycles. The molecule has 0 atom stereocenters. The van der Waals surface area contributed by atoms with E-state index in [1.807, 2.05) is 6.26 Å². The first kappa shape index (κ1) is 16.5. The molecule has 0 spiro atoms. The second kappa shape index (κ2) is 8.57. The summed E-state index contributed by atoms with van der Waals surface area (Å²) in [5.74, 6) is 1.10. The zero-order valence-electron chi connectivity index (χ0n) is 13.9. The molecule has 0 unspecified atom stereocenters. The van der Waals surface area contributed by atoms with E-state index in [9.17, 15) is 0 Å². The maximum Gasteiger partial charge on any atom is 0.122 e. The molecule has 21 heavy (non-hydrogen) atoms. The van der Waals surface area contributed by atoms with Crippen molar-refractivity contribution >= 4 is 0 Å². The zero-order chi connectivity index (χ0) is 15.1. The number of hydrogen-bond donors (Lipinski definition) is 1. The number of likely N-dealkylation sites (tertiary alicyclic amines) is 1. The highest BCUT2D eigenvalue weighted by Gasteiger charge is 2.22. The van der Waals surface area contributed by atoms with E-state index in [-0.39, 0.29) is 0 Å². The van der Waals surface area contributed by atoms with Crippen molar-refractivity contribution in [1.82, 2.24) is 15.1 Å². The monoisotopic (exact) mass is 293 g/mol. The Kier molecular flexibility index (Phi) is 6.74. The number of rotatable bonds is 8. The normalized spacial score (nSPS) is 17.7. The van der Waals surface area contributed by atoms with Gasteiger partial charge in [0.25, 0.3) is 0 Å². The van der Waals surface area contributed by atoms with Crippen LogP contribution in [0.4, 0.5) is 0 Å². The quantitative estimate of drug-likeness (QED) is 0.747. The molecule has 1 aromatic heterocycles. The minimum absolute atomic E-state index is 0.708. The van der Waals surface area contributed by atoms with Crippen molar-refractivity contribution < 1.29 is 4.42 Å². The molecule has 120 valence electrons. The van der Waals surface area contributed by atoms with E-state index in [2.05, 4.69) is 42.1 Å². The maximum atomic E-state index is 5.64. The molecule has 4 heteroatoms. The number of furan rings is 1. The summed E-state index contributed by atoms with van der Waals surface area (Å²) in [7, 11) is 2.25. The van der Waals surface area contributed by atoms with Crippen LogP contribution in [0.3, 0.4) is 0 Å². The van der Waals surface area contributed by atoms with Gasteiger partial charge in [0.05, 0.1) is 12.8 Å². The molecule has 0 aliphatic carbocycles. The summed E-state index contributed by atoms with van der Waals surface area (Å²) in [6.45, 7) is 11.0. The fourth-order valence-corrected chi connectivity index (χ4v) is 3.12. The van der Waals surface area contributed by atoms with Crippen molar-refractivity contribution in [3.8, 4) is 0 Å². The molecule has 0 saturated carbocycles. The lowest BCUT2D eigenvalue weighted by atomic mass is 10.0. The predicted octanol–water partition coefficient (Wildman–Crippen LogP) is 2.70. The third-order valence-corrected chi connectivity index (χ3v) is 4.60. The van der Waals surface area contributed by atoms with Gasteiger partial charge in [-0.15, -0.1) is 0 Å². The number of nitrogens with zero attached hydrogens (tertiary/aromatic N) is 2. The highest BCUT2D eigenvalue weighted by atomic mass is 16.3. The predicted molar refractivity (Wildman–Crippen MR) is 87.3 cm³/mol. The van der Waals surface area contributed by atoms with E-state index in [0.717, 1.165) is 31.8 Å². The Morgan fingerprint density at radius 1 is 1.33 bits per heavy atom. The Balaban J connectivity index is 1.82. The van der Waals surface area contributed by atoms with Crippen LogP contribution in [0.2, 0.25) is 0 Å². The van der Waals surface area contributed by atoms with Crippen LogP contribution in [0.1, 0.15) is 44.4 Å². The summed E-state index contributed by atoms with van der Waals surface area (Å²) in [5.41, 5.74) is 1.33. The summed E-state index contributed by atoms with van der Waals surface area (Å²) in [5, 5.41) is 3.43. The van der Waals surface area contributed by atoms with E-state index in [0.29, 0.717) is 6.04 Å². The molecule has 0 amide bonds. The van der Waals surface area contributed by atoms with Crippen LogP contribution >= 0.6 is 0 Å². The molecular formula is C17H31N3O. The molecule has 4 nitrogen and oxygen atoms in total. The zero-order valence-corrected chi connectivity index (χ0v) is 13.9. The average Bonchev–Trinajstić information content (AvgIpc) is 2.95. The summed E-state index contributed by atoms with van der Waals surface area (Å²) in [6, 6.07) is 2.83. The third kappa shape index (κ3) is 4.83. The molecule has 1 N–H and O–H groups in total. The fourth-order valence-electron chi connectivity index (χ4n) is 3.12. The van der Waals surface area contributed by atoms with Crippen molar-refractivity contribution in [2.45, 2.75) is 52.2 Å². The van der Waals surface area contributed by atoms with Crippen molar-refractivity contribution in [2.75, 3.05) is 33.2 Å². The first-order valence-corrected chi connectivity index (χ1v) is 8.43. The highest BCUT2D eigenvalue weighted by molar-refractivity contribution is 5.17. The highest BCUT2D eigenvalue weighted by Crippen LogP contribution is 2.19. The van der Waals surface area contributed by atoms with E-state index in [4.69, 9.17) is 4.42 Å². The van der Waals surface area contributed by atoms with Crippen LogP contribution in [0, 0.1) is 0 Å². The fraction of sp³-hybridized carbons (Fsp3) is 0.765. The van der Waals surface area contributed by atoms with Gasteiger partial charge in [-0.3, -0.25) is 4.90 Å². The molecule has 2 rings (SSSR count). The van der Waals surface area contributed by atoms with Crippen molar-refractivity contribution in [3.63, 3.8) is 0 Å². The first-order chi connectivity index (χ1) is 10.2. The van der Waals surface area contributed by atoms with Crippen molar-refractivity contribution in [2.24, 2.45) is 0 Å². The van der Waals surface area contributed by atoms with Gasteiger partial charge in [0.2, 0.25) is 0 Å². The number of piperidine rings is 1. The van der Waals surface area contributed by atoms with E-state index in [1.165, 1.54) is 38.0 Å². The lowest BCUT2D eigenvalue weighted by molar-refractivity contribution is 0.126. The van der Waals surface area contributed by atoms with Crippen LogP contribution in [0.15, 0.2) is 16.7 Å². The summed E-state index contributed by atoms with van der Waals surface area (Å²) in [4.78, 5) is 5.05. The molecule has 1 saturated heterocycles. The van der Waals surface area contributed by atoms with Crippen LogP contribution in [-0.4, -0.2) is 49.1 Å². The van der Waals surface area contributed by atoms with Gasteiger partial charge in [-0.1, -0.05) is 13.8 Å². The Labute approximate surface area is 129 Å². The Morgan fingerprint density at radius 2 is 2.10 bits per heavy atom. The summed E-state index contributed by atoms with van der Waals surface area (Å²) < 4.78 is 5.64. The van der Waals surface area contributed by atoms with Crippen LogP contribution in [-0.2, 0) is 13.1 Å². The number of hydrogen-bond acceptors (Lipinski definition) is 4. The maximum absolute atomic E-state index is 5.64. The molecule has 1 aliphatic heterocycles. The molecule has 1 fully saturated rings. The molecule has 0 radical (unpaired) electrons. The smallest absolute Gasteiger partial charge is 0.122 e. The van der Waals surface area contributed by atoms with Crippen molar-refractivity contribution in [1.29, 1.82) is 0 Å². The van der Waals surface area contributed by atoms with Crippen LogP contribution in [0.25, 0.3) is 0 Å². The molecule has 1 aromatic rings. The average molecular weight is 293 g/mol. The summed E-state index contributed by atoms with van der Waals surface area (Å²) >= 11 is 0. The SMILES string of the molecule is CCCNCc1occc1CN(C)C1CCN(CC)CC1. The largest absolute Gasteiger partial charge is 0.468 e. The van der Waals surface area contributed by atoms with Gasteiger partial charge in [-0.2, -0.15) is 0 Å². The molecule has 0 aromatic carbocycles. The van der Waals surface area contributed by atoms with Gasteiger partial charge in [0, 0.05) is 18.2 Å². The van der Waals surface area contributed by atoms with E-state index >= 15 is 0 Å². The Bertz CT molecular complexity index is 396. The van der Waals surface area contributed by atoms with Crippen molar-refractivity contribution in [3.05, 3.63) is 23.7 Å². The minimum Gasteiger partial charge on any atom is -0.468 e. The van der Waals surface area contributed by atoms with E-state index in [1.54, 1.807) is 0 Å². The lowest BCUT2D eigenvalue weighted by Crippen LogP contribution is -2.42. The van der Waals surface area contributed by atoms with E-state index < -0.39 is 0 Å². The third-order valence-electron chi connectivity index (χ3n) is 4.60. The Hall–Kier alpha value is -0.840. The minimum atomic E-state index is 0.708. The standard InChI is InChI=1S/C17H31N3O/c1-4-9-18-13-17-15(8-12-21-17)14-19(3)16-6-10-20(5-2)11-7-16/h8,12,16,18H,4-7,9-11,13-14H2,1-3H3. The topological polar surface area (TPSA) is 31.7 Å². The number of nitrogens with one attached hydrogen (secondary N) is 1. The summed E-state index contributed by atoms with van der Waals surface area (Å²) in [6.07, 6.45) is 5.55. The van der Waals surface area contributed by atoms with Gasteiger partial charge in [-0.05, 0) is 58.6 Å². The molecule has 1 aliphatic rings. The molecule has 0 bridgehead atoms. The van der Waals surface area contributed by atoms with Crippen LogP contribution < -0.4 is 5.32 Å². The second-order valence-electron chi connectivity index (χ2n) is 6.13. The van der Waals surface area contributed by atoms with Gasteiger partial charge in [0.15, 0.2) is 0 Å². The Morgan fingerprint density at radius 3 is 2.76 bits per heavy atom. The van der Waals surface area contributed by atoms with Gasteiger partial charge >= 0.3 is 0 Å². The lowest BCUT2D eigenvalue weighted by Gasteiger charge is -2.36. The van der Waals surface area contributed by atoms with Gasteiger partial charge < -0.3 is 14.6 Å². The van der Waals surface area contributed by atoms with Gasteiger partial charge in [0.1, 0.15) is 5.76 Å². The second-order valence-corrected chi connectivity index (χ2v) is 6.13. The molecular weight excluding hydrogens is 262 g/mol. The van der Waals surface area contributed by atoms with Crippen LogP contribution in [0.5, 0.6) is 0 Å². The first-order valence-electron chi connectivity index (χ1n) is 8.43. The van der Waals surface area contributed by atoms with Gasteiger partial charge in [-0.25, -0.2) is 0 Å².